The molecule has 0 saturated carbocycles. The first kappa shape index (κ1) is 16.3. The van der Waals surface area contributed by atoms with E-state index in [1.165, 1.54) is 0 Å². The Hall–Kier alpha value is -0.770. The molecule has 0 radical (unpaired) electrons. The molecule has 0 aliphatic carbocycles. The van der Waals surface area contributed by atoms with E-state index in [-0.39, 0.29) is 17.4 Å². The average molecular weight is 303 g/mol. The monoisotopic (exact) mass is 302 g/mol. The van der Waals surface area contributed by atoms with E-state index in [1.54, 1.807) is 18.2 Å². The summed E-state index contributed by atoms with van der Waals surface area (Å²) in [7, 11) is 0. The van der Waals surface area contributed by atoms with Gasteiger partial charge in [-0.05, 0) is 30.0 Å². The van der Waals surface area contributed by atoms with Crippen molar-refractivity contribution in [1.82, 2.24) is 5.32 Å². The summed E-state index contributed by atoms with van der Waals surface area (Å²) in [6.45, 7) is 7.65. The molecule has 106 valence electrons. The van der Waals surface area contributed by atoms with Crippen LogP contribution in [0.25, 0.3) is 0 Å². The third kappa shape index (κ3) is 4.37. The first-order chi connectivity index (χ1) is 8.62. The highest BCUT2D eigenvalue weighted by atomic mass is 35.5. The van der Waals surface area contributed by atoms with Gasteiger partial charge in [0.2, 0.25) is 5.91 Å². The van der Waals surface area contributed by atoms with E-state index < -0.39 is 6.04 Å². The van der Waals surface area contributed by atoms with Crippen LogP contribution in [0.1, 0.15) is 39.3 Å². The van der Waals surface area contributed by atoms with Crippen molar-refractivity contribution in [3.05, 3.63) is 33.8 Å². The van der Waals surface area contributed by atoms with Gasteiger partial charge in [0, 0.05) is 10.0 Å². The Bertz CT molecular complexity index is 469. The van der Waals surface area contributed by atoms with E-state index in [1.807, 2.05) is 27.7 Å². The Morgan fingerprint density at radius 1 is 1.32 bits per heavy atom. The van der Waals surface area contributed by atoms with Gasteiger partial charge in [0.25, 0.3) is 0 Å². The van der Waals surface area contributed by atoms with Crippen molar-refractivity contribution in [3.8, 4) is 0 Å². The lowest BCUT2D eigenvalue weighted by Gasteiger charge is -2.27. The van der Waals surface area contributed by atoms with Crippen LogP contribution in [0.2, 0.25) is 10.0 Å². The highest BCUT2D eigenvalue weighted by Crippen LogP contribution is 2.26. The van der Waals surface area contributed by atoms with Gasteiger partial charge < -0.3 is 11.1 Å². The van der Waals surface area contributed by atoms with Gasteiger partial charge in [0.15, 0.2) is 0 Å². The molecular weight excluding hydrogens is 283 g/mol. The van der Waals surface area contributed by atoms with Crippen LogP contribution < -0.4 is 11.1 Å². The number of nitrogens with two attached hydrogens (primary N) is 1. The molecule has 1 amide bonds. The van der Waals surface area contributed by atoms with Gasteiger partial charge in [-0.25, -0.2) is 0 Å². The summed E-state index contributed by atoms with van der Waals surface area (Å²) in [5.41, 5.74) is 6.45. The minimum atomic E-state index is -0.568. The van der Waals surface area contributed by atoms with Gasteiger partial charge >= 0.3 is 0 Å². The van der Waals surface area contributed by atoms with Gasteiger partial charge in [0.1, 0.15) is 0 Å². The molecule has 0 spiro atoms. The van der Waals surface area contributed by atoms with Crippen LogP contribution >= 0.6 is 23.2 Å². The number of hydrogen-bond donors (Lipinski definition) is 2. The number of rotatable bonds is 3. The molecule has 0 fully saturated rings. The predicted molar refractivity (Wildman–Crippen MR) is 80.5 cm³/mol. The zero-order valence-corrected chi connectivity index (χ0v) is 13.1. The molecule has 1 rings (SSSR count). The van der Waals surface area contributed by atoms with Gasteiger partial charge in [-0.2, -0.15) is 0 Å². The fraction of sp³-hybridized carbons (Fsp3) is 0.500. The summed E-state index contributed by atoms with van der Waals surface area (Å²) in [6, 6.07) is 4.42. The van der Waals surface area contributed by atoms with E-state index >= 15 is 0 Å². The van der Waals surface area contributed by atoms with Gasteiger partial charge in [-0.15, -0.1) is 0 Å². The second-order valence-corrected chi connectivity index (χ2v) is 6.58. The molecule has 1 aromatic carbocycles. The SMILES string of the molecule is CC(NC(=O)[C@@H](N)C(C)(C)C)c1ccc(Cl)cc1Cl. The van der Waals surface area contributed by atoms with Crippen molar-refractivity contribution in [1.29, 1.82) is 0 Å². The van der Waals surface area contributed by atoms with Gasteiger partial charge in [0.05, 0.1) is 12.1 Å². The summed E-state index contributed by atoms with van der Waals surface area (Å²) >= 11 is 12.0. The minimum Gasteiger partial charge on any atom is -0.348 e. The van der Waals surface area contributed by atoms with Crippen LogP contribution in [0.15, 0.2) is 18.2 Å². The Morgan fingerprint density at radius 3 is 2.37 bits per heavy atom. The van der Waals surface area contributed by atoms with Crippen molar-refractivity contribution in [2.24, 2.45) is 11.1 Å². The first-order valence-corrected chi connectivity index (χ1v) is 6.89. The van der Waals surface area contributed by atoms with E-state index in [4.69, 9.17) is 28.9 Å². The Labute approximate surface area is 124 Å². The molecule has 0 aliphatic heterocycles. The number of amides is 1. The normalized spacial score (nSPS) is 14.9. The molecule has 0 heterocycles. The molecule has 1 aromatic rings. The number of halogens is 2. The number of carbonyl (C=O) groups is 1. The lowest BCUT2D eigenvalue weighted by molar-refractivity contribution is -0.125. The largest absolute Gasteiger partial charge is 0.348 e. The van der Waals surface area contributed by atoms with E-state index in [2.05, 4.69) is 5.32 Å². The van der Waals surface area contributed by atoms with Crippen LogP contribution in [-0.2, 0) is 4.79 Å². The number of carbonyl (C=O) groups excluding carboxylic acids is 1. The van der Waals surface area contributed by atoms with Crippen LogP contribution in [0, 0.1) is 5.41 Å². The highest BCUT2D eigenvalue weighted by molar-refractivity contribution is 6.35. The lowest BCUT2D eigenvalue weighted by Crippen LogP contribution is -2.49. The van der Waals surface area contributed by atoms with Gasteiger partial charge in [-0.1, -0.05) is 50.0 Å². The van der Waals surface area contributed by atoms with Crippen molar-refractivity contribution in [2.75, 3.05) is 0 Å². The molecule has 19 heavy (non-hydrogen) atoms. The zero-order valence-electron chi connectivity index (χ0n) is 11.6. The number of hydrogen-bond acceptors (Lipinski definition) is 2. The lowest BCUT2D eigenvalue weighted by atomic mass is 9.86. The molecule has 0 aromatic heterocycles. The smallest absolute Gasteiger partial charge is 0.237 e. The molecule has 0 aliphatic rings. The molecule has 3 nitrogen and oxygen atoms in total. The molecule has 0 bridgehead atoms. The van der Waals surface area contributed by atoms with Crippen molar-refractivity contribution in [3.63, 3.8) is 0 Å². The van der Waals surface area contributed by atoms with E-state index in [0.717, 1.165) is 5.56 Å². The quantitative estimate of drug-likeness (QED) is 0.897. The topological polar surface area (TPSA) is 55.1 Å². The maximum Gasteiger partial charge on any atom is 0.237 e. The third-order valence-electron chi connectivity index (χ3n) is 3.00. The second-order valence-electron chi connectivity index (χ2n) is 5.74. The summed E-state index contributed by atoms with van der Waals surface area (Å²) in [5, 5.41) is 3.97. The summed E-state index contributed by atoms with van der Waals surface area (Å²) in [5.74, 6) is -0.189. The average Bonchev–Trinajstić information content (AvgIpc) is 2.26. The predicted octanol–water partition coefficient (Wildman–Crippen LogP) is 3.54. The number of nitrogens with one attached hydrogen (secondary N) is 1. The molecule has 5 heteroatoms. The molecule has 3 N–H and O–H groups in total. The summed E-state index contributed by atoms with van der Waals surface area (Å²) < 4.78 is 0. The summed E-state index contributed by atoms with van der Waals surface area (Å²) in [4.78, 5) is 12.0. The minimum absolute atomic E-state index is 0.189. The fourth-order valence-corrected chi connectivity index (χ4v) is 2.20. The van der Waals surface area contributed by atoms with Crippen LogP contribution in [0.5, 0.6) is 0 Å². The van der Waals surface area contributed by atoms with E-state index in [0.29, 0.717) is 10.0 Å². The highest BCUT2D eigenvalue weighted by Gasteiger charge is 2.28. The molecular formula is C14H20Cl2N2O. The molecule has 0 saturated heterocycles. The number of benzene rings is 1. The van der Waals surface area contributed by atoms with Crippen molar-refractivity contribution in [2.45, 2.75) is 39.8 Å². The standard InChI is InChI=1S/C14H20Cl2N2O/c1-8(10-6-5-9(15)7-11(10)16)18-13(19)12(17)14(2,3)4/h5-8,12H,17H2,1-4H3,(H,18,19)/t8?,12-/m1/s1. The summed E-state index contributed by atoms with van der Waals surface area (Å²) in [6.07, 6.45) is 0. The fourth-order valence-electron chi connectivity index (χ4n) is 1.63. The van der Waals surface area contributed by atoms with Crippen LogP contribution in [0.3, 0.4) is 0 Å². The van der Waals surface area contributed by atoms with Crippen LogP contribution in [-0.4, -0.2) is 11.9 Å². The molecule has 1 unspecified atom stereocenters. The van der Waals surface area contributed by atoms with Crippen LogP contribution in [0.4, 0.5) is 0 Å². The maximum atomic E-state index is 12.0. The zero-order chi connectivity index (χ0) is 14.8. The molecule has 2 atom stereocenters. The Morgan fingerprint density at radius 2 is 1.89 bits per heavy atom. The Balaban J connectivity index is 2.80. The Kier molecular flexibility index (Phi) is 5.25. The second kappa shape index (κ2) is 6.12. The maximum absolute atomic E-state index is 12.0. The third-order valence-corrected chi connectivity index (χ3v) is 3.57. The van der Waals surface area contributed by atoms with E-state index in [9.17, 15) is 4.79 Å². The first-order valence-electron chi connectivity index (χ1n) is 6.14. The van der Waals surface area contributed by atoms with Crippen molar-refractivity contribution < 1.29 is 4.79 Å². The van der Waals surface area contributed by atoms with Crippen molar-refractivity contribution >= 4 is 29.1 Å². The van der Waals surface area contributed by atoms with Gasteiger partial charge in [-0.3, -0.25) is 4.79 Å².